The first-order valence-corrected chi connectivity index (χ1v) is 5.82. The van der Waals surface area contributed by atoms with Gasteiger partial charge in [-0.1, -0.05) is 13.8 Å². The molecule has 1 saturated heterocycles. The van der Waals surface area contributed by atoms with Gasteiger partial charge < -0.3 is 15.3 Å². The summed E-state index contributed by atoms with van der Waals surface area (Å²) in [6.45, 7) is 3.25. The van der Waals surface area contributed by atoms with Crippen LogP contribution < -0.4 is 5.32 Å². The molecule has 1 atom stereocenters. The fourth-order valence-corrected chi connectivity index (χ4v) is 1.64. The number of urea groups is 1. The molecule has 1 aliphatic heterocycles. The fourth-order valence-electron chi connectivity index (χ4n) is 1.64. The summed E-state index contributed by atoms with van der Waals surface area (Å²) in [5, 5.41) is 11.7. The van der Waals surface area contributed by atoms with Gasteiger partial charge in [0.25, 0.3) is 5.91 Å². The normalized spacial score (nSPS) is 17.6. The van der Waals surface area contributed by atoms with Gasteiger partial charge in [-0.15, -0.1) is 0 Å². The quantitative estimate of drug-likeness (QED) is 0.619. The fraction of sp³-hybridized carbons (Fsp3) is 0.727. The predicted molar refractivity (Wildman–Crippen MR) is 63.6 cm³/mol. The average molecular weight is 257 g/mol. The highest BCUT2D eigenvalue weighted by molar-refractivity contribution is 6.04. The van der Waals surface area contributed by atoms with Crippen LogP contribution in [0.4, 0.5) is 4.79 Å². The summed E-state index contributed by atoms with van der Waals surface area (Å²) in [4.78, 5) is 36.8. The zero-order valence-electron chi connectivity index (χ0n) is 10.8. The molecule has 7 heteroatoms. The molecule has 102 valence electrons. The number of imide groups is 1. The number of likely N-dealkylation sites (N-methyl/N-ethyl adjacent to an activating group) is 1. The highest BCUT2D eigenvalue weighted by Crippen LogP contribution is 2.07. The van der Waals surface area contributed by atoms with Gasteiger partial charge in [0.15, 0.2) is 0 Å². The Labute approximate surface area is 106 Å². The molecule has 7 nitrogen and oxygen atoms in total. The predicted octanol–water partition coefficient (Wildman–Crippen LogP) is -0.986. The van der Waals surface area contributed by atoms with Crippen molar-refractivity contribution in [2.45, 2.75) is 19.9 Å². The van der Waals surface area contributed by atoms with Gasteiger partial charge in [0.05, 0.1) is 12.6 Å². The summed E-state index contributed by atoms with van der Waals surface area (Å²) >= 11 is 0. The molecule has 1 aliphatic rings. The molecular formula is C11H19N3O4. The number of nitrogens with zero attached hydrogens (tertiary/aromatic N) is 2. The molecule has 0 saturated carbocycles. The molecule has 4 amide bonds. The first-order chi connectivity index (χ1) is 8.36. The van der Waals surface area contributed by atoms with Crippen LogP contribution in [0.15, 0.2) is 0 Å². The van der Waals surface area contributed by atoms with Gasteiger partial charge in [-0.05, 0) is 5.92 Å². The van der Waals surface area contributed by atoms with Crippen LogP contribution in [0.1, 0.15) is 13.8 Å². The van der Waals surface area contributed by atoms with Crippen molar-refractivity contribution in [3.05, 3.63) is 0 Å². The summed E-state index contributed by atoms with van der Waals surface area (Å²) in [6, 6.07) is -0.844. The van der Waals surface area contributed by atoms with E-state index < -0.39 is 11.9 Å². The third kappa shape index (κ3) is 3.19. The summed E-state index contributed by atoms with van der Waals surface area (Å²) in [7, 11) is 1.50. The first-order valence-electron chi connectivity index (χ1n) is 5.82. The van der Waals surface area contributed by atoms with Crippen molar-refractivity contribution < 1.29 is 19.5 Å². The Balaban J connectivity index is 2.55. The van der Waals surface area contributed by atoms with E-state index in [-0.39, 0.29) is 37.6 Å². The van der Waals surface area contributed by atoms with Crippen molar-refractivity contribution >= 4 is 17.8 Å². The molecule has 0 bridgehead atoms. The maximum absolute atomic E-state index is 11.7. The largest absolute Gasteiger partial charge is 0.394 e. The molecule has 0 spiro atoms. The Kier molecular flexibility index (Phi) is 4.66. The molecule has 1 rings (SSSR count). The Morgan fingerprint density at radius 2 is 2.06 bits per heavy atom. The van der Waals surface area contributed by atoms with Gasteiger partial charge in [-0.2, -0.15) is 0 Å². The molecular weight excluding hydrogens is 238 g/mol. The minimum Gasteiger partial charge on any atom is -0.394 e. The summed E-state index contributed by atoms with van der Waals surface area (Å²) < 4.78 is 0. The minimum absolute atomic E-state index is 0.000275. The summed E-state index contributed by atoms with van der Waals surface area (Å²) in [5.74, 6) is -0.755. The van der Waals surface area contributed by atoms with Gasteiger partial charge in [0.1, 0.15) is 13.1 Å². The van der Waals surface area contributed by atoms with Crippen molar-refractivity contribution in [3.63, 3.8) is 0 Å². The second-order valence-corrected chi connectivity index (χ2v) is 4.72. The monoisotopic (exact) mass is 257 g/mol. The highest BCUT2D eigenvalue weighted by atomic mass is 16.3. The third-order valence-corrected chi connectivity index (χ3v) is 2.88. The van der Waals surface area contributed by atoms with Gasteiger partial charge in [-0.3, -0.25) is 14.5 Å². The van der Waals surface area contributed by atoms with E-state index in [0.717, 1.165) is 4.90 Å². The van der Waals surface area contributed by atoms with Crippen LogP contribution in [0, 0.1) is 5.92 Å². The number of aliphatic hydroxyl groups is 1. The van der Waals surface area contributed by atoms with Gasteiger partial charge in [0.2, 0.25) is 5.91 Å². The van der Waals surface area contributed by atoms with Gasteiger partial charge in [0, 0.05) is 7.05 Å². The summed E-state index contributed by atoms with van der Waals surface area (Å²) in [5.41, 5.74) is 0. The molecule has 1 unspecified atom stereocenters. The zero-order chi connectivity index (χ0) is 13.9. The molecule has 18 heavy (non-hydrogen) atoms. The Morgan fingerprint density at radius 3 is 2.44 bits per heavy atom. The lowest BCUT2D eigenvalue weighted by Crippen LogP contribution is -2.47. The van der Waals surface area contributed by atoms with E-state index in [1.165, 1.54) is 11.9 Å². The Hall–Kier alpha value is -1.63. The van der Waals surface area contributed by atoms with Crippen LogP contribution in [0.25, 0.3) is 0 Å². The maximum atomic E-state index is 11.7. The van der Waals surface area contributed by atoms with Crippen molar-refractivity contribution in [2.75, 3.05) is 26.7 Å². The molecule has 1 heterocycles. The molecule has 0 radical (unpaired) electrons. The van der Waals surface area contributed by atoms with Crippen molar-refractivity contribution in [1.29, 1.82) is 0 Å². The van der Waals surface area contributed by atoms with Gasteiger partial charge in [-0.25, -0.2) is 4.79 Å². The number of hydrogen-bond acceptors (Lipinski definition) is 4. The lowest BCUT2D eigenvalue weighted by molar-refractivity contribution is -0.131. The molecule has 0 aliphatic carbocycles. The van der Waals surface area contributed by atoms with Crippen LogP contribution in [-0.4, -0.2) is 65.5 Å². The van der Waals surface area contributed by atoms with Crippen molar-refractivity contribution in [2.24, 2.45) is 5.92 Å². The topological polar surface area (TPSA) is 89.9 Å². The maximum Gasteiger partial charge on any atom is 0.327 e. The lowest BCUT2D eigenvalue weighted by atomic mass is 10.1. The summed E-state index contributed by atoms with van der Waals surface area (Å²) in [6.07, 6.45) is 0. The number of carbonyl (C=O) groups is 3. The number of amides is 4. The van der Waals surface area contributed by atoms with E-state index in [0.29, 0.717) is 0 Å². The van der Waals surface area contributed by atoms with E-state index in [9.17, 15) is 14.4 Å². The molecule has 2 N–H and O–H groups in total. The SMILES string of the molecule is CC(C)C(CO)NC(=O)CN1C(=O)CN(C)C1=O. The van der Waals surface area contributed by atoms with Crippen LogP contribution in [0.5, 0.6) is 0 Å². The average Bonchev–Trinajstić information content (AvgIpc) is 2.52. The highest BCUT2D eigenvalue weighted by Gasteiger charge is 2.35. The smallest absolute Gasteiger partial charge is 0.327 e. The first kappa shape index (κ1) is 14.4. The number of rotatable bonds is 5. The van der Waals surface area contributed by atoms with E-state index in [2.05, 4.69) is 5.32 Å². The number of aliphatic hydroxyl groups excluding tert-OH is 1. The second kappa shape index (κ2) is 5.81. The van der Waals surface area contributed by atoms with E-state index >= 15 is 0 Å². The van der Waals surface area contributed by atoms with Crippen LogP contribution >= 0.6 is 0 Å². The number of carbonyl (C=O) groups excluding carboxylic acids is 3. The van der Waals surface area contributed by atoms with Crippen molar-refractivity contribution in [1.82, 2.24) is 15.1 Å². The Morgan fingerprint density at radius 1 is 1.44 bits per heavy atom. The van der Waals surface area contributed by atoms with Crippen LogP contribution in [-0.2, 0) is 9.59 Å². The lowest BCUT2D eigenvalue weighted by Gasteiger charge is -2.21. The molecule has 0 aromatic rings. The van der Waals surface area contributed by atoms with E-state index in [1.807, 2.05) is 13.8 Å². The minimum atomic E-state index is -0.472. The van der Waals surface area contributed by atoms with Crippen molar-refractivity contribution in [3.8, 4) is 0 Å². The number of hydrogen-bond donors (Lipinski definition) is 2. The third-order valence-electron chi connectivity index (χ3n) is 2.88. The molecule has 0 aromatic heterocycles. The molecule has 1 fully saturated rings. The van der Waals surface area contributed by atoms with Crippen LogP contribution in [0.3, 0.4) is 0 Å². The van der Waals surface area contributed by atoms with E-state index in [1.54, 1.807) is 0 Å². The zero-order valence-corrected chi connectivity index (χ0v) is 10.8. The second-order valence-electron chi connectivity index (χ2n) is 4.72. The van der Waals surface area contributed by atoms with Gasteiger partial charge >= 0.3 is 6.03 Å². The van der Waals surface area contributed by atoms with Crippen LogP contribution in [0.2, 0.25) is 0 Å². The standard InChI is InChI=1S/C11H19N3O4/c1-7(2)8(6-15)12-9(16)4-14-10(17)5-13(3)11(14)18/h7-8,15H,4-6H2,1-3H3,(H,12,16). The molecule has 0 aromatic carbocycles. The number of nitrogens with one attached hydrogen (secondary N) is 1. The van der Waals surface area contributed by atoms with E-state index in [4.69, 9.17) is 5.11 Å². The Bertz CT molecular complexity index is 356.